The summed E-state index contributed by atoms with van der Waals surface area (Å²) in [4.78, 5) is 6.68. The van der Waals surface area contributed by atoms with Crippen LogP contribution in [0.1, 0.15) is 39.2 Å². The van der Waals surface area contributed by atoms with Gasteiger partial charge in [0.1, 0.15) is 5.82 Å². The number of nitrogens with one attached hydrogen (secondary N) is 2. The number of benzene rings is 1. The van der Waals surface area contributed by atoms with Crippen LogP contribution in [0.4, 0.5) is 4.39 Å². The third-order valence-electron chi connectivity index (χ3n) is 4.07. The maximum absolute atomic E-state index is 13.3. The number of hydrogen-bond donors (Lipinski definition) is 2. The van der Waals surface area contributed by atoms with Gasteiger partial charge in [-0.05, 0) is 63.2 Å². The van der Waals surface area contributed by atoms with Crippen molar-refractivity contribution in [2.24, 2.45) is 4.99 Å². The molecular weight excluding hydrogens is 498 g/mol. The lowest BCUT2D eigenvalue weighted by atomic mass is 10.2. The molecule has 4 nitrogen and oxygen atoms in total. The fraction of sp³-hybridized carbons (Fsp3) is 0.611. The van der Waals surface area contributed by atoms with Crippen molar-refractivity contribution in [3.8, 4) is 0 Å². The Bertz CT molecular complexity index is 524. The molecule has 0 aliphatic heterocycles. The Morgan fingerprint density at radius 2 is 2.00 bits per heavy atom. The van der Waals surface area contributed by atoms with Crippen molar-refractivity contribution in [1.29, 1.82) is 0 Å². The Morgan fingerprint density at radius 3 is 2.60 bits per heavy atom. The van der Waals surface area contributed by atoms with Gasteiger partial charge in [-0.25, -0.2) is 4.39 Å². The molecular formula is C18H31BrFIN4. The maximum Gasteiger partial charge on any atom is 0.191 e. The van der Waals surface area contributed by atoms with Gasteiger partial charge in [0.25, 0.3) is 0 Å². The van der Waals surface area contributed by atoms with Crippen molar-refractivity contribution in [3.05, 3.63) is 34.1 Å². The van der Waals surface area contributed by atoms with Gasteiger partial charge in [-0.1, -0.05) is 29.8 Å². The molecule has 2 N–H and O–H groups in total. The largest absolute Gasteiger partial charge is 0.354 e. The van der Waals surface area contributed by atoms with E-state index in [1.165, 1.54) is 12.1 Å². The Labute approximate surface area is 177 Å². The second-order valence-electron chi connectivity index (χ2n) is 5.88. The van der Waals surface area contributed by atoms with Gasteiger partial charge in [0.05, 0.1) is 0 Å². The van der Waals surface area contributed by atoms with Crippen LogP contribution >= 0.6 is 39.9 Å². The molecule has 0 spiro atoms. The molecule has 0 aliphatic rings. The molecule has 25 heavy (non-hydrogen) atoms. The number of nitrogens with zero attached hydrogens (tertiary/aromatic N) is 2. The molecule has 144 valence electrons. The normalized spacial score (nSPS) is 12.7. The molecule has 0 bridgehead atoms. The van der Waals surface area contributed by atoms with Crippen LogP contribution in [-0.4, -0.2) is 43.6 Å². The Morgan fingerprint density at radius 1 is 1.32 bits per heavy atom. The molecule has 1 atom stereocenters. The van der Waals surface area contributed by atoms with Crippen LogP contribution in [0.15, 0.2) is 27.7 Å². The van der Waals surface area contributed by atoms with Crippen LogP contribution in [-0.2, 0) is 6.54 Å². The highest BCUT2D eigenvalue weighted by Gasteiger charge is 2.08. The molecule has 7 heteroatoms. The third kappa shape index (κ3) is 9.75. The average Bonchev–Trinajstić information content (AvgIpc) is 2.58. The van der Waals surface area contributed by atoms with Gasteiger partial charge in [0.2, 0.25) is 0 Å². The zero-order valence-corrected chi connectivity index (χ0v) is 19.5. The monoisotopic (exact) mass is 528 g/mol. The molecule has 1 aromatic rings. The van der Waals surface area contributed by atoms with Gasteiger partial charge >= 0.3 is 0 Å². The summed E-state index contributed by atoms with van der Waals surface area (Å²) in [5.74, 6) is 0.504. The maximum atomic E-state index is 13.3. The molecule has 1 rings (SSSR count). The second-order valence-corrected chi connectivity index (χ2v) is 6.73. The van der Waals surface area contributed by atoms with Gasteiger partial charge in [0.15, 0.2) is 5.96 Å². The van der Waals surface area contributed by atoms with Gasteiger partial charge in [-0.15, -0.1) is 24.0 Å². The summed E-state index contributed by atoms with van der Waals surface area (Å²) < 4.78 is 14.2. The standard InChI is InChI=1S/C18H30BrFN4.HI/c1-5-24(6-2)11-7-8-14(3)23-18(21-4)22-13-15-12-16(20)9-10-17(15)19;/h9-10,12,14H,5-8,11,13H2,1-4H3,(H2,21,22,23);1H. The van der Waals surface area contributed by atoms with Crippen LogP contribution in [0, 0.1) is 5.82 Å². The zero-order valence-electron chi connectivity index (χ0n) is 15.6. The van der Waals surface area contributed by atoms with E-state index >= 15 is 0 Å². The first-order valence-corrected chi connectivity index (χ1v) is 9.42. The Kier molecular flexibility index (Phi) is 13.5. The Balaban J connectivity index is 0.00000576. The fourth-order valence-corrected chi connectivity index (χ4v) is 2.91. The fourth-order valence-electron chi connectivity index (χ4n) is 2.52. The molecule has 0 heterocycles. The van der Waals surface area contributed by atoms with Gasteiger partial charge in [-0.2, -0.15) is 0 Å². The number of halogens is 3. The molecule has 0 radical (unpaired) electrons. The predicted molar refractivity (Wildman–Crippen MR) is 119 cm³/mol. The van der Waals surface area contributed by atoms with Crippen molar-refractivity contribution in [3.63, 3.8) is 0 Å². The smallest absolute Gasteiger partial charge is 0.191 e. The lowest BCUT2D eigenvalue weighted by molar-refractivity contribution is 0.292. The summed E-state index contributed by atoms with van der Waals surface area (Å²) in [7, 11) is 1.75. The van der Waals surface area contributed by atoms with Crippen LogP contribution in [0.2, 0.25) is 0 Å². The second kappa shape index (κ2) is 13.7. The van der Waals surface area contributed by atoms with Crippen molar-refractivity contribution < 1.29 is 4.39 Å². The third-order valence-corrected chi connectivity index (χ3v) is 4.84. The molecule has 0 saturated heterocycles. The minimum atomic E-state index is -0.234. The summed E-state index contributed by atoms with van der Waals surface area (Å²) in [5, 5.41) is 6.63. The van der Waals surface area contributed by atoms with Crippen LogP contribution in [0.25, 0.3) is 0 Å². The van der Waals surface area contributed by atoms with Crippen LogP contribution < -0.4 is 10.6 Å². The lowest BCUT2D eigenvalue weighted by Crippen LogP contribution is -2.42. The average molecular weight is 529 g/mol. The number of guanidine groups is 1. The quantitative estimate of drug-likeness (QED) is 0.284. The molecule has 0 amide bonds. The highest BCUT2D eigenvalue weighted by Crippen LogP contribution is 2.17. The van der Waals surface area contributed by atoms with Gasteiger partial charge < -0.3 is 15.5 Å². The molecule has 0 aliphatic carbocycles. The minimum absolute atomic E-state index is 0. The van der Waals surface area contributed by atoms with Gasteiger partial charge in [0, 0.05) is 24.1 Å². The summed E-state index contributed by atoms with van der Waals surface area (Å²) in [6.45, 7) is 10.4. The van der Waals surface area contributed by atoms with Crippen molar-refractivity contribution in [2.75, 3.05) is 26.7 Å². The first-order chi connectivity index (χ1) is 11.5. The zero-order chi connectivity index (χ0) is 17.9. The van der Waals surface area contributed by atoms with Crippen molar-refractivity contribution >= 4 is 45.9 Å². The number of hydrogen-bond acceptors (Lipinski definition) is 2. The molecule has 0 saturated carbocycles. The first-order valence-electron chi connectivity index (χ1n) is 8.63. The topological polar surface area (TPSA) is 39.7 Å². The number of aliphatic imine (C=N–C) groups is 1. The van der Waals surface area contributed by atoms with E-state index < -0.39 is 0 Å². The minimum Gasteiger partial charge on any atom is -0.354 e. The van der Waals surface area contributed by atoms with Gasteiger partial charge in [-0.3, -0.25) is 4.99 Å². The summed E-state index contributed by atoms with van der Waals surface area (Å²) in [6.07, 6.45) is 2.24. The van der Waals surface area contributed by atoms with E-state index in [9.17, 15) is 4.39 Å². The van der Waals surface area contributed by atoms with Crippen molar-refractivity contribution in [2.45, 2.75) is 46.2 Å². The lowest BCUT2D eigenvalue weighted by Gasteiger charge is -2.21. The van der Waals surface area contributed by atoms with E-state index in [0.717, 1.165) is 48.5 Å². The first kappa shape index (κ1) is 24.6. The van der Waals surface area contributed by atoms with E-state index in [1.54, 1.807) is 13.1 Å². The molecule has 1 aromatic carbocycles. The van der Waals surface area contributed by atoms with E-state index in [1.807, 2.05) is 0 Å². The van der Waals surface area contributed by atoms with Crippen molar-refractivity contribution in [1.82, 2.24) is 15.5 Å². The molecule has 1 unspecified atom stereocenters. The van der Waals surface area contributed by atoms with Crippen LogP contribution in [0.3, 0.4) is 0 Å². The van der Waals surface area contributed by atoms with E-state index in [2.05, 4.69) is 57.2 Å². The van der Waals surface area contributed by atoms with Crippen LogP contribution in [0.5, 0.6) is 0 Å². The highest BCUT2D eigenvalue weighted by atomic mass is 127. The van der Waals surface area contributed by atoms with E-state index in [-0.39, 0.29) is 29.8 Å². The summed E-state index contributed by atoms with van der Waals surface area (Å²) >= 11 is 3.44. The van der Waals surface area contributed by atoms with E-state index in [0.29, 0.717) is 12.6 Å². The summed E-state index contributed by atoms with van der Waals surface area (Å²) in [6, 6.07) is 5.03. The van der Waals surface area contributed by atoms with E-state index in [4.69, 9.17) is 0 Å². The SMILES string of the molecule is CCN(CC)CCCC(C)NC(=NC)NCc1cc(F)ccc1Br.I. The molecule has 0 fully saturated rings. The summed E-state index contributed by atoms with van der Waals surface area (Å²) in [5.41, 5.74) is 0.868. The highest BCUT2D eigenvalue weighted by molar-refractivity contribution is 14.0. The number of rotatable bonds is 9. The Hall–Kier alpha value is -0.410. The predicted octanol–water partition coefficient (Wildman–Crippen LogP) is 4.38. The molecule has 0 aromatic heterocycles.